The lowest BCUT2D eigenvalue weighted by Gasteiger charge is -2.27. The zero-order valence-electron chi connectivity index (χ0n) is 49.2. The third kappa shape index (κ3) is 22.5. The monoisotopic (exact) mass is 1200 g/mol. The Bertz CT molecular complexity index is 2420. The number of aliphatic hydroxyl groups excluding tert-OH is 1. The summed E-state index contributed by atoms with van der Waals surface area (Å²) >= 11 is 1.88. The number of allylic oxidation sites excluding steroid dienone is 1. The van der Waals surface area contributed by atoms with E-state index in [1.54, 1.807) is 23.2 Å². The van der Waals surface area contributed by atoms with Crippen LogP contribution in [0.25, 0.3) is 0 Å². The largest absolute Gasteiger partial charge is 0.393 e. The van der Waals surface area contributed by atoms with E-state index in [4.69, 9.17) is 19.9 Å². The third-order valence-corrected chi connectivity index (χ3v) is 17.1. The van der Waals surface area contributed by atoms with E-state index >= 15 is 0 Å². The number of Topliss-reactive ketones (excluding diaryl/α,β-unsaturated/α-hetero) is 2. The molecule has 468 valence electrons. The highest BCUT2D eigenvalue weighted by Gasteiger charge is 2.43. The van der Waals surface area contributed by atoms with Crippen LogP contribution in [0.5, 0.6) is 0 Å². The molecule has 10 atom stereocenters. The van der Waals surface area contributed by atoms with Crippen LogP contribution >= 0.6 is 11.8 Å². The van der Waals surface area contributed by atoms with Gasteiger partial charge in [-0.1, -0.05) is 38.0 Å². The number of aromatic nitrogens is 3. The maximum Gasteiger partial charge on any atom is 0.315 e. The van der Waals surface area contributed by atoms with Gasteiger partial charge in [0.2, 0.25) is 35.4 Å². The molecule has 0 aliphatic carbocycles. The Kier molecular flexibility index (Phi) is 28.5. The molecule has 3 saturated heterocycles. The molecule has 1 aromatic heterocycles. The van der Waals surface area contributed by atoms with Crippen molar-refractivity contribution in [3.63, 3.8) is 0 Å². The van der Waals surface area contributed by atoms with Crippen LogP contribution in [0.4, 0.5) is 4.79 Å². The maximum absolute atomic E-state index is 14.1. The molecule has 8 amide bonds. The van der Waals surface area contributed by atoms with Crippen molar-refractivity contribution in [2.45, 2.75) is 184 Å². The number of unbranched alkanes of at least 4 members (excludes halogenated alkanes) is 1. The van der Waals surface area contributed by atoms with E-state index in [0.717, 1.165) is 25.0 Å². The van der Waals surface area contributed by atoms with Crippen molar-refractivity contribution in [1.29, 1.82) is 0 Å². The highest BCUT2D eigenvalue weighted by Crippen LogP contribution is 2.33. The summed E-state index contributed by atoms with van der Waals surface area (Å²) in [5.41, 5.74) is 7.30. The number of ketones is 2. The number of hydrogen-bond acceptors (Lipinski definition) is 18. The molecule has 1 aromatic rings. The summed E-state index contributed by atoms with van der Waals surface area (Å²) in [6, 6.07) is -3.97. The number of aryl methyl sites for hydroxylation is 1. The lowest BCUT2D eigenvalue weighted by atomic mass is 9.91. The van der Waals surface area contributed by atoms with Crippen LogP contribution < -0.4 is 43.0 Å². The summed E-state index contributed by atoms with van der Waals surface area (Å²) in [6.45, 7) is 8.47. The molecular weight excluding hydrogens is 1110 g/mol. The second kappa shape index (κ2) is 35.6. The number of carbonyl (C=O) groups is 9. The van der Waals surface area contributed by atoms with E-state index in [9.17, 15) is 48.3 Å². The fourth-order valence-corrected chi connectivity index (χ4v) is 12.5. The summed E-state index contributed by atoms with van der Waals surface area (Å²) in [5, 5.41) is 39.5. The molecule has 2 bridgehead atoms. The molecule has 10 N–H and O–H groups in total. The van der Waals surface area contributed by atoms with Gasteiger partial charge in [0, 0.05) is 113 Å². The van der Waals surface area contributed by atoms with Crippen molar-refractivity contribution in [1.82, 2.24) is 57.1 Å². The Labute approximate surface area is 496 Å². The SMILES string of the molecule is CC(C)C[C@@H]1NC(=O)[C@H]([C@H](C)O)CC(=O)[C@@H](N)Cc2cn(nn2)CCCC[C@@H](C(=O)NCCCOCCOCCOCCCNC(=O)CCCCC2SC[C@H]3NC(=O)N[C@@H]23)CC(=O)C2CCCN2C(=O)CNC(=O)[C@H](CC2=CCC=N2)NC1=O. The fraction of sp³-hybridized carbons (Fsp3) is 0.754. The van der Waals surface area contributed by atoms with E-state index in [-0.39, 0.29) is 73.9 Å². The Hall–Kier alpha value is -5.87. The van der Waals surface area contributed by atoms with Gasteiger partial charge in [0.05, 0.1) is 74.9 Å². The molecule has 5 aliphatic heterocycles. The molecule has 6 rings (SSSR count). The zero-order chi connectivity index (χ0) is 60.4. The van der Waals surface area contributed by atoms with Crippen LogP contribution in [-0.2, 0) is 65.5 Å². The standard InChI is InChI=1S/C57H91N13O13S/c1-36(2)28-43-56(79)64-44(31-39-13-8-17-59-39)55(78)62-33-51(75)70-21-9-14-46(70)48(73)29-38(12-6-7-20-69-34-40(67-68-69)30-42(58)47(72)32-41(37(3)71)54(77)63-43)53(76)61-19-11-23-82-25-27-83-26-24-81-22-10-18-60-50(74)16-5-4-15-49-52-45(35-84-49)65-57(80)66-52/h13,17,34,36-38,41-46,49,52,71H,4-12,14-16,18-33,35,58H2,1-3H3,(H,60,74)(H,61,76)(H,62,78)(H,63,77)(H,64,79)(H2,65,66,80)/t37-,38+,41-,42-,43-,44-,45+,46?,49?,52+/m0/s1. The van der Waals surface area contributed by atoms with Crippen molar-refractivity contribution in [2.24, 2.45) is 28.5 Å². The summed E-state index contributed by atoms with van der Waals surface area (Å²) in [5.74, 6) is -4.81. The number of amides is 8. The van der Waals surface area contributed by atoms with Gasteiger partial charge in [-0.25, -0.2) is 4.79 Å². The molecule has 27 heteroatoms. The number of carbonyl (C=O) groups excluding carboxylic acids is 9. The smallest absolute Gasteiger partial charge is 0.315 e. The molecule has 0 saturated carbocycles. The minimum Gasteiger partial charge on any atom is -0.393 e. The van der Waals surface area contributed by atoms with Gasteiger partial charge in [0.15, 0.2) is 11.6 Å². The predicted octanol–water partition coefficient (Wildman–Crippen LogP) is 0.523. The van der Waals surface area contributed by atoms with Gasteiger partial charge in [0.25, 0.3) is 0 Å². The van der Waals surface area contributed by atoms with Crippen molar-refractivity contribution >= 4 is 71.0 Å². The number of nitrogens with one attached hydrogen (secondary N) is 7. The predicted molar refractivity (Wildman–Crippen MR) is 312 cm³/mol. The molecule has 84 heavy (non-hydrogen) atoms. The first-order valence-electron chi connectivity index (χ1n) is 30.2. The number of ether oxygens (including phenoxy) is 3. The second-order valence-corrected chi connectivity index (χ2v) is 24.2. The van der Waals surface area contributed by atoms with Crippen LogP contribution in [0.1, 0.15) is 129 Å². The maximum atomic E-state index is 14.1. The summed E-state index contributed by atoms with van der Waals surface area (Å²) in [7, 11) is 0. The van der Waals surface area contributed by atoms with Gasteiger partial charge in [-0.15, -0.1) is 5.10 Å². The number of urea groups is 1. The van der Waals surface area contributed by atoms with Gasteiger partial charge in [-0.2, -0.15) is 11.8 Å². The molecule has 0 radical (unpaired) electrons. The molecular formula is C57H91N13O13S. The van der Waals surface area contributed by atoms with E-state index in [2.05, 4.69) is 52.5 Å². The van der Waals surface area contributed by atoms with Gasteiger partial charge >= 0.3 is 6.03 Å². The first-order valence-corrected chi connectivity index (χ1v) is 31.2. The zero-order valence-corrected chi connectivity index (χ0v) is 50.0. The minimum absolute atomic E-state index is 0.00676. The number of nitrogens with zero attached hydrogens (tertiary/aromatic N) is 5. The van der Waals surface area contributed by atoms with Crippen molar-refractivity contribution < 1.29 is 62.5 Å². The molecule has 2 unspecified atom stereocenters. The number of aliphatic hydroxyl groups is 1. The second-order valence-electron chi connectivity index (χ2n) is 22.9. The lowest BCUT2D eigenvalue weighted by Crippen LogP contribution is -2.56. The Balaban J connectivity index is 0.947. The normalized spacial score (nSPS) is 26.4. The average molecular weight is 1200 g/mol. The van der Waals surface area contributed by atoms with E-state index in [0.29, 0.717) is 134 Å². The van der Waals surface area contributed by atoms with Crippen molar-refractivity contribution in [3.05, 3.63) is 23.7 Å². The van der Waals surface area contributed by atoms with Crippen LogP contribution in [-0.4, -0.2) is 203 Å². The topological polar surface area (TPSA) is 358 Å². The summed E-state index contributed by atoms with van der Waals surface area (Å²) < 4.78 is 18.6. The Morgan fingerprint density at radius 2 is 1.52 bits per heavy atom. The summed E-state index contributed by atoms with van der Waals surface area (Å²) in [6.07, 6.45) is 10.8. The van der Waals surface area contributed by atoms with Gasteiger partial charge in [-0.3, -0.25) is 48.0 Å². The highest BCUT2D eigenvalue weighted by atomic mass is 32.2. The molecule has 5 aliphatic rings. The van der Waals surface area contributed by atoms with Crippen LogP contribution in [0.2, 0.25) is 0 Å². The first kappa shape index (κ1) is 67.3. The third-order valence-electron chi connectivity index (χ3n) is 15.6. The van der Waals surface area contributed by atoms with E-state index in [1.165, 1.54) is 11.8 Å². The number of rotatable bonds is 25. The van der Waals surface area contributed by atoms with Crippen LogP contribution in [0.15, 0.2) is 23.0 Å². The van der Waals surface area contributed by atoms with Gasteiger partial charge < -0.3 is 67.2 Å². The lowest BCUT2D eigenvalue weighted by molar-refractivity contribution is -0.139. The average Bonchev–Trinajstić information content (AvgIpc) is 4.04. The molecule has 0 aromatic carbocycles. The number of hydrogen-bond donors (Lipinski definition) is 9. The van der Waals surface area contributed by atoms with Gasteiger partial charge in [0.1, 0.15) is 12.1 Å². The molecule has 3 fully saturated rings. The number of thioether (sulfide) groups is 1. The number of aliphatic imine (C=N–C) groups is 1. The quantitative estimate of drug-likeness (QED) is 0.0476. The van der Waals surface area contributed by atoms with Crippen molar-refractivity contribution in [2.75, 3.05) is 71.6 Å². The molecule has 26 nitrogen and oxygen atoms in total. The molecule has 0 spiro atoms. The first-order chi connectivity index (χ1) is 40.4. The van der Waals surface area contributed by atoms with E-state index < -0.39 is 84.5 Å². The van der Waals surface area contributed by atoms with Crippen molar-refractivity contribution in [3.8, 4) is 0 Å². The van der Waals surface area contributed by atoms with E-state index in [1.807, 2.05) is 25.6 Å². The number of nitrogens with two attached hydrogens (primary N) is 1. The van der Waals surface area contributed by atoms with Gasteiger partial charge in [-0.05, 0) is 70.6 Å². The Morgan fingerprint density at radius 1 is 0.798 bits per heavy atom. The highest BCUT2D eigenvalue weighted by molar-refractivity contribution is 8.00. The Morgan fingerprint density at radius 3 is 2.24 bits per heavy atom. The summed E-state index contributed by atoms with van der Waals surface area (Å²) in [4.78, 5) is 127. The molecule has 6 heterocycles. The number of fused-ring (bicyclic) bond motifs is 4. The minimum atomic E-state index is -1.29. The van der Waals surface area contributed by atoms with Crippen LogP contribution in [0.3, 0.4) is 0 Å². The fourth-order valence-electron chi connectivity index (χ4n) is 10.9. The van der Waals surface area contributed by atoms with Crippen LogP contribution in [0, 0.1) is 17.8 Å².